The quantitative estimate of drug-likeness (QED) is 0.668. The van der Waals surface area contributed by atoms with Crippen LogP contribution in [-0.2, 0) is 20.7 Å². The van der Waals surface area contributed by atoms with Crippen LogP contribution in [0.3, 0.4) is 0 Å². The lowest BCUT2D eigenvalue weighted by molar-refractivity contribution is -0.151. The molecule has 0 saturated carbocycles. The molecule has 98 valence electrons. The normalized spacial score (nSPS) is 22.9. The molecule has 0 bridgehead atoms. The molecule has 1 aliphatic rings. The number of aromatic nitrogens is 2. The van der Waals surface area contributed by atoms with Crippen molar-refractivity contribution in [2.24, 2.45) is 0 Å². The maximum absolute atomic E-state index is 11.7. The second kappa shape index (κ2) is 5.63. The molecule has 18 heavy (non-hydrogen) atoms. The standard InChI is InChI=1S/C11H15N3O4/c15-10(8-1-2-9(18-8)11(16)17)13-4-3-7-5-12-6-14-7/h5-6,8-9H,1-4H2,(H,12,14)(H,13,15)(H,16,17)/t8-,9+/m0/s1. The molecule has 2 atom stereocenters. The van der Waals surface area contributed by atoms with Crippen LogP contribution in [0.2, 0.25) is 0 Å². The van der Waals surface area contributed by atoms with Gasteiger partial charge < -0.3 is 20.1 Å². The van der Waals surface area contributed by atoms with Crippen LogP contribution in [-0.4, -0.2) is 45.7 Å². The first kappa shape index (κ1) is 12.6. The zero-order chi connectivity index (χ0) is 13.0. The van der Waals surface area contributed by atoms with Gasteiger partial charge in [-0.1, -0.05) is 0 Å². The number of nitrogens with one attached hydrogen (secondary N) is 2. The van der Waals surface area contributed by atoms with Crippen molar-refractivity contribution < 1.29 is 19.4 Å². The number of carboxylic acids is 1. The summed E-state index contributed by atoms with van der Waals surface area (Å²) in [6.07, 6.45) is 3.26. The number of hydrogen-bond acceptors (Lipinski definition) is 4. The Bertz CT molecular complexity index is 418. The van der Waals surface area contributed by atoms with E-state index in [-0.39, 0.29) is 5.91 Å². The van der Waals surface area contributed by atoms with Gasteiger partial charge in [-0.25, -0.2) is 9.78 Å². The maximum atomic E-state index is 11.7. The number of amides is 1. The lowest BCUT2D eigenvalue weighted by Crippen LogP contribution is -2.36. The van der Waals surface area contributed by atoms with Gasteiger partial charge >= 0.3 is 5.97 Å². The summed E-state index contributed by atoms with van der Waals surface area (Å²) in [7, 11) is 0. The highest BCUT2D eigenvalue weighted by Crippen LogP contribution is 2.19. The number of imidazole rings is 1. The molecule has 7 nitrogen and oxygen atoms in total. The summed E-state index contributed by atoms with van der Waals surface area (Å²) in [5, 5.41) is 11.5. The first-order valence-electron chi connectivity index (χ1n) is 5.80. The van der Waals surface area contributed by atoms with Crippen molar-refractivity contribution in [2.75, 3.05) is 6.54 Å². The molecule has 2 rings (SSSR count). The van der Waals surface area contributed by atoms with E-state index in [1.807, 2.05) is 0 Å². The van der Waals surface area contributed by atoms with Crippen molar-refractivity contribution in [1.82, 2.24) is 15.3 Å². The monoisotopic (exact) mass is 253 g/mol. The first-order chi connectivity index (χ1) is 8.66. The Morgan fingerprint density at radius 1 is 1.50 bits per heavy atom. The minimum Gasteiger partial charge on any atom is -0.479 e. The number of carbonyl (C=O) groups is 2. The van der Waals surface area contributed by atoms with E-state index in [1.165, 1.54) is 0 Å². The summed E-state index contributed by atoms with van der Waals surface area (Å²) in [6.45, 7) is 0.471. The Kier molecular flexibility index (Phi) is 3.93. The van der Waals surface area contributed by atoms with Crippen molar-refractivity contribution in [3.8, 4) is 0 Å². The van der Waals surface area contributed by atoms with Gasteiger partial charge in [0.2, 0.25) is 5.91 Å². The largest absolute Gasteiger partial charge is 0.479 e. The molecule has 1 amide bonds. The van der Waals surface area contributed by atoms with Gasteiger partial charge in [-0.05, 0) is 12.8 Å². The summed E-state index contributed by atoms with van der Waals surface area (Å²) >= 11 is 0. The molecule has 1 aromatic rings. The molecular formula is C11H15N3O4. The van der Waals surface area contributed by atoms with E-state index in [2.05, 4.69) is 15.3 Å². The molecule has 0 aliphatic carbocycles. The molecule has 0 unspecified atom stereocenters. The van der Waals surface area contributed by atoms with Crippen LogP contribution in [0.15, 0.2) is 12.5 Å². The summed E-state index contributed by atoms with van der Waals surface area (Å²) in [5.74, 6) is -1.26. The second-order valence-corrected chi connectivity index (χ2v) is 4.15. The molecule has 1 aliphatic heterocycles. The lowest BCUT2D eigenvalue weighted by Gasteiger charge is -2.11. The topological polar surface area (TPSA) is 104 Å². The predicted molar refractivity (Wildman–Crippen MR) is 60.8 cm³/mol. The average molecular weight is 253 g/mol. The summed E-state index contributed by atoms with van der Waals surface area (Å²) in [4.78, 5) is 29.2. The van der Waals surface area contributed by atoms with E-state index in [0.717, 1.165) is 5.69 Å². The number of nitrogens with zero attached hydrogens (tertiary/aromatic N) is 1. The number of carbonyl (C=O) groups excluding carboxylic acids is 1. The summed E-state index contributed by atoms with van der Waals surface area (Å²) in [6, 6.07) is 0. The maximum Gasteiger partial charge on any atom is 0.332 e. The van der Waals surface area contributed by atoms with Crippen molar-refractivity contribution in [1.29, 1.82) is 0 Å². The number of carboxylic acid groups (broad SMARTS) is 1. The van der Waals surface area contributed by atoms with Gasteiger partial charge in [-0.15, -0.1) is 0 Å². The van der Waals surface area contributed by atoms with Crippen molar-refractivity contribution in [3.63, 3.8) is 0 Å². The third-order valence-corrected chi connectivity index (χ3v) is 2.84. The SMILES string of the molecule is O=C(NCCc1cnc[nH]1)[C@@H]1CC[C@H](C(=O)O)O1. The molecule has 0 spiro atoms. The fourth-order valence-electron chi connectivity index (χ4n) is 1.87. The Labute approximate surface area is 104 Å². The zero-order valence-corrected chi connectivity index (χ0v) is 9.76. The van der Waals surface area contributed by atoms with Crippen molar-refractivity contribution >= 4 is 11.9 Å². The molecule has 1 fully saturated rings. The van der Waals surface area contributed by atoms with Gasteiger partial charge in [0.1, 0.15) is 6.10 Å². The summed E-state index contributed by atoms with van der Waals surface area (Å²) in [5.41, 5.74) is 0.936. The molecule has 3 N–H and O–H groups in total. The molecule has 0 aromatic carbocycles. The Hall–Kier alpha value is -1.89. The number of ether oxygens (including phenoxy) is 1. The Morgan fingerprint density at radius 2 is 2.28 bits per heavy atom. The van der Waals surface area contributed by atoms with Crippen LogP contribution in [0.1, 0.15) is 18.5 Å². The molecular weight excluding hydrogens is 238 g/mol. The Morgan fingerprint density at radius 3 is 2.89 bits per heavy atom. The van der Waals surface area contributed by atoms with E-state index in [4.69, 9.17) is 9.84 Å². The minimum absolute atomic E-state index is 0.252. The first-order valence-corrected chi connectivity index (χ1v) is 5.80. The fraction of sp³-hybridized carbons (Fsp3) is 0.545. The van der Waals surface area contributed by atoms with Gasteiger partial charge in [0.05, 0.1) is 6.33 Å². The molecule has 1 saturated heterocycles. The molecule has 7 heteroatoms. The fourth-order valence-corrected chi connectivity index (χ4v) is 1.87. The van der Waals surface area contributed by atoms with E-state index in [9.17, 15) is 9.59 Å². The van der Waals surface area contributed by atoms with Gasteiger partial charge in [-0.2, -0.15) is 0 Å². The second-order valence-electron chi connectivity index (χ2n) is 4.15. The summed E-state index contributed by atoms with van der Waals surface area (Å²) < 4.78 is 5.14. The van der Waals surface area contributed by atoms with Crippen molar-refractivity contribution in [3.05, 3.63) is 18.2 Å². The zero-order valence-electron chi connectivity index (χ0n) is 9.76. The number of aromatic amines is 1. The van der Waals surface area contributed by atoms with E-state index < -0.39 is 18.2 Å². The smallest absolute Gasteiger partial charge is 0.332 e. The van der Waals surface area contributed by atoms with Gasteiger partial charge in [0, 0.05) is 24.9 Å². The van der Waals surface area contributed by atoms with Gasteiger partial charge in [-0.3, -0.25) is 4.79 Å². The number of aliphatic carboxylic acids is 1. The number of rotatable bonds is 5. The highest BCUT2D eigenvalue weighted by Gasteiger charge is 2.34. The lowest BCUT2D eigenvalue weighted by atomic mass is 10.2. The third-order valence-electron chi connectivity index (χ3n) is 2.84. The van der Waals surface area contributed by atoms with Crippen LogP contribution >= 0.6 is 0 Å². The molecule has 2 heterocycles. The molecule has 0 radical (unpaired) electrons. The highest BCUT2D eigenvalue weighted by molar-refractivity contribution is 5.82. The van der Waals surface area contributed by atoms with Gasteiger partial charge in [0.15, 0.2) is 6.10 Å². The van der Waals surface area contributed by atoms with E-state index in [0.29, 0.717) is 25.8 Å². The van der Waals surface area contributed by atoms with Crippen LogP contribution in [0.25, 0.3) is 0 Å². The van der Waals surface area contributed by atoms with E-state index >= 15 is 0 Å². The average Bonchev–Trinajstić information content (AvgIpc) is 2.99. The van der Waals surface area contributed by atoms with Gasteiger partial charge in [0.25, 0.3) is 0 Å². The van der Waals surface area contributed by atoms with Crippen LogP contribution < -0.4 is 5.32 Å². The minimum atomic E-state index is -1.01. The van der Waals surface area contributed by atoms with Crippen LogP contribution in [0.4, 0.5) is 0 Å². The van der Waals surface area contributed by atoms with Crippen LogP contribution in [0, 0.1) is 0 Å². The molecule has 1 aromatic heterocycles. The highest BCUT2D eigenvalue weighted by atomic mass is 16.5. The third kappa shape index (κ3) is 3.07. The van der Waals surface area contributed by atoms with Crippen molar-refractivity contribution in [2.45, 2.75) is 31.5 Å². The number of H-pyrrole nitrogens is 1. The predicted octanol–water partition coefficient (Wildman–Crippen LogP) is -0.299. The number of hydrogen-bond donors (Lipinski definition) is 3. The van der Waals surface area contributed by atoms with Crippen LogP contribution in [0.5, 0.6) is 0 Å². The van der Waals surface area contributed by atoms with E-state index in [1.54, 1.807) is 12.5 Å². The Balaban J connectivity index is 1.71.